The lowest BCUT2D eigenvalue weighted by Crippen LogP contribution is -1.99. The molecule has 0 amide bonds. The van der Waals surface area contributed by atoms with Gasteiger partial charge in [0.2, 0.25) is 0 Å². The molecule has 3 heteroatoms. The molecular formula is C11H13NO2. The summed E-state index contributed by atoms with van der Waals surface area (Å²) in [6.07, 6.45) is 4.74. The third-order valence-electron chi connectivity index (χ3n) is 1.71. The maximum absolute atomic E-state index is 11.0. The monoisotopic (exact) mass is 191 g/mol. The first-order chi connectivity index (χ1) is 6.74. The van der Waals surface area contributed by atoms with Crippen LogP contribution in [0.1, 0.15) is 18.2 Å². The molecule has 0 spiro atoms. The van der Waals surface area contributed by atoms with Gasteiger partial charge in [-0.05, 0) is 31.6 Å². The zero-order valence-corrected chi connectivity index (χ0v) is 8.36. The van der Waals surface area contributed by atoms with E-state index in [-0.39, 0.29) is 5.97 Å². The summed E-state index contributed by atoms with van der Waals surface area (Å²) in [5, 5.41) is 0. The fourth-order valence-corrected chi connectivity index (χ4v) is 1.01. The SMILES string of the molecule is CCOC(=O)C=Cc1ncccc1C. The van der Waals surface area contributed by atoms with Gasteiger partial charge >= 0.3 is 5.97 Å². The Morgan fingerprint density at radius 2 is 2.43 bits per heavy atom. The molecule has 0 fully saturated rings. The second kappa shape index (κ2) is 5.17. The number of hydrogen-bond donors (Lipinski definition) is 0. The number of rotatable bonds is 3. The fourth-order valence-electron chi connectivity index (χ4n) is 1.01. The van der Waals surface area contributed by atoms with Gasteiger partial charge < -0.3 is 4.74 Å². The van der Waals surface area contributed by atoms with Crippen LogP contribution in [0.3, 0.4) is 0 Å². The highest BCUT2D eigenvalue weighted by atomic mass is 16.5. The van der Waals surface area contributed by atoms with Gasteiger partial charge in [0, 0.05) is 12.3 Å². The summed E-state index contributed by atoms with van der Waals surface area (Å²) in [5.74, 6) is -0.336. The maximum atomic E-state index is 11.0. The summed E-state index contributed by atoms with van der Waals surface area (Å²) in [6, 6.07) is 3.80. The van der Waals surface area contributed by atoms with Crippen molar-refractivity contribution in [1.82, 2.24) is 4.98 Å². The average Bonchev–Trinajstić information content (AvgIpc) is 2.17. The lowest BCUT2D eigenvalue weighted by atomic mass is 10.2. The molecule has 0 saturated carbocycles. The summed E-state index contributed by atoms with van der Waals surface area (Å²) in [6.45, 7) is 4.11. The first kappa shape index (κ1) is 10.4. The molecule has 0 saturated heterocycles. The van der Waals surface area contributed by atoms with E-state index >= 15 is 0 Å². The van der Waals surface area contributed by atoms with Gasteiger partial charge in [0.15, 0.2) is 0 Å². The van der Waals surface area contributed by atoms with Gasteiger partial charge in [0.05, 0.1) is 12.3 Å². The van der Waals surface area contributed by atoms with E-state index in [1.165, 1.54) is 6.08 Å². The van der Waals surface area contributed by atoms with E-state index in [2.05, 4.69) is 4.98 Å². The molecule has 3 nitrogen and oxygen atoms in total. The van der Waals surface area contributed by atoms with Gasteiger partial charge in [-0.2, -0.15) is 0 Å². The Kier molecular flexibility index (Phi) is 3.85. The van der Waals surface area contributed by atoms with Crippen LogP contribution in [0, 0.1) is 6.92 Å². The van der Waals surface area contributed by atoms with Crippen LogP contribution in [0.15, 0.2) is 24.4 Å². The predicted octanol–water partition coefficient (Wildman–Crippen LogP) is 1.97. The number of aryl methyl sites for hydroxylation is 1. The van der Waals surface area contributed by atoms with Gasteiger partial charge in [0.1, 0.15) is 0 Å². The first-order valence-corrected chi connectivity index (χ1v) is 4.50. The predicted molar refractivity (Wildman–Crippen MR) is 54.6 cm³/mol. The molecule has 0 aliphatic rings. The zero-order valence-electron chi connectivity index (χ0n) is 8.36. The number of carbonyl (C=O) groups excluding carboxylic acids is 1. The maximum Gasteiger partial charge on any atom is 0.330 e. The van der Waals surface area contributed by atoms with Crippen LogP contribution in [0.5, 0.6) is 0 Å². The van der Waals surface area contributed by atoms with Crippen LogP contribution in [0.2, 0.25) is 0 Å². The van der Waals surface area contributed by atoms with Crippen LogP contribution < -0.4 is 0 Å². The number of carbonyl (C=O) groups is 1. The molecule has 0 atom stereocenters. The first-order valence-electron chi connectivity index (χ1n) is 4.50. The Hall–Kier alpha value is -1.64. The highest BCUT2D eigenvalue weighted by Crippen LogP contribution is 2.04. The van der Waals surface area contributed by atoms with Crippen LogP contribution in [-0.2, 0) is 9.53 Å². The number of pyridine rings is 1. The third kappa shape index (κ3) is 3.01. The summed E-state index contributed by atoms with van der Waals surface area (Å²) >= 11 is 0. The zero-order chi connectivity index (χ0) is 10.4. The Balaban J connectivity index is 2.69. The highest BCUT2D eigenvalue weighted by Gasteiger charge is 1.96. The van der Waals surface area contributed by atoms with E-state index in [1.54, 1.807) is 19.2 Å². The Morgan fingerprint density at radius 3 is 3.07 bits per heavy atom. The molecule has 0 aromatic carbocycles. The minimum absolute atomic E-state index is 0.336. The Labute approximate surface area is 83.4 Å². The molecular weight excluding hydrogens is 178 g/mol. The average molecular weight is 191 g/mol. The van der Waals surface area contributed by atoms with Crippen LogP contribution in [0.4, 0.5) is 0 Å². The van der Waals surface area contributed by atoms with Crippen molar-refractivity contribution in [2.24, 2.45) is 0 Å². The van der Waals surface area contributed by atoms with Crippen LogP contribution >= 0.6 is 0 Å². The van der Waals surface area contributed by atoms with Crippen molar-refractivity contribution in [2.45, 2.75) is 13.8 Å². The van der Waals surface area contributed by atoms with E-state index < -0.39 is 0 Å². The minimum atomic E-state index is -0.336. The number of hydrogen-bond acceptors (Lipinski definition) is 3. The topological polar surface area (TPSA) is 39.2 Å². The second-order valence-corrected chi connectivity index (χ2v) is 2.79. The molecule has 14 heavy (non-hydrogen) atoms. The number of aromatic nitrogens is 1. The molecule has 1 heterocycles. The molecule has 1 aromatic heterocycles. The molecule has 0 aliphatic heterocycles. The van der Waals surface area contributed by atoms with Crippen molar-refractivity contribution < 1.29 is 9.53 Å². The Bertz CT molecular complexity index is 345. The lowest BCUT2D eigenvalue weighted by molar-refractivity contribution is -0.137. The minimum Gasteiger partial charge on any atom is -0.463 e. The summed E-state index contributed by atoms with van der Waals surface area (Å²) < 4.78 is 4.75. The van der Waals surface area contributed by atoms with Gasteiger partial charge in [-0.3, -0.25) is 4.98 Å². The van der Waals surface area contributed by atoms with Gasteiger partial charge in [-0.25, -0.2) is 4.79 Å². The van der Waals surface area contributed by atoms with Crippen molar-refractivity contribution in [3.8, 4) is 0 Å². The standard InChI is InChI=1S/C11H13NO2/c1-3-14-11(13)7-6-10-9(2)5-4-8-12-10/h4-8H,3H2,1-2H3. The lowest BCUT2D eigenvalue weighted by Gasteiger charge is -1.97. The van der Waals surface area contributed by atoms with Gasteiger partial charge in [0.25, 0.3) is 0 Å². The highest BCUT2D eigenvalue weighted by molar-refractivity contribution is 5.86. The normalized spacial score (nSPS) is 10.4. The molecule has 0 aliphatic carbocycles. The van der Waals surface area contributed by atoms with E-state index in [0.29, 0.717) is 6.61 Å². The molecule has 0 bridgehead atoms. The van der Waals surface area contributed by atoms with Crippen LogP contribution in [-0.4, -0.2) is 17.6 Å². The fraction of sp³-hybridized carbons (Fsp3) is 0.273. The molecule has 74 valence electrons. The molecule has 0 radical (unpaired) electrons. The summed E-state index contributed by atoms with van der Waals surface area (Å²) in [5.41, 5.74) is 1.83. The number of ether oxygens (including phenoxy) is 1. The largest absolute Gasteiger partial charge is 0.463 e. The molecule has 0 N–H and O–H groups in total. The summed E-state index contributed by atoms with van der Waals surface area (Å²) in [7, 11) is 0. The van der Waals surface area contributed by atoms with Crippen molar-refractivity contribution >= 4 is 12.0 Å². The van der Waals surface area contributed by atoms with Gasteiger partial charge in [-0.1, -0.05) is 6.07 Å². The van der Waals surface area contributed by atoms with Gasteiger partial charge in [-0.15, -0.1) is 0 Å². The number of esters is 1. The van der Waals surface area contributed by atoms with Crippen molar-refractivity contribution in [3.63, 3.8) is 0 Å². The summed E-state index contributed by atoms with van der Waals surface area (Å²) in [4.78, 5) is 15.1. The third-order valence-corrected chi connectivity index (χ3v) is 1.71. The number of nitrogens with zero attached hydrogens (tertiary/aromatic N) is 1. The Morgan fingerprint density at radius 1 is 1.64 bits per heavy atom. The van der Waals surface area contributed by atoms with E-state index in [1.807, 2.05) is 19.1 Å². The smallest absolute Gasteiger partial charge is 0.330 e. The molecule has 1 rings (SSSR count). The van der Waals surface area contributed by atoms with Crippen molar-refractivity contribution in [3.05, 3.63) is 35.7 Å². The van der Waals surface area contributed by atoms with Crippen molar-refractivity contribution in [1.29, 1.82) is 0 Å². The molecule has 0 unspecified atom stereocenters. The van der Waals surface area contributed by atoms with Crippen LogP contribution in [0.25, 0.3) is 6.08 Å². The van der Waals surface area contributed by atoms with E-state index in [9.17, 15) is 4.79 Å². The van der Waals surface area contributed by atoms with Crippen molar-refractivity contribution in [2.75, 3.05) is 6.61 Å². The van der Waals surface area contributed by atoms with E-state index in [0.717, 1.165) is 11.3 Å². The molecule has 1 aromatic rings. The van der Waals surface area contributed by atoms with E-state index in [4.69, 9.17) is 4.74 Å². The quantitative estimate of drug-likeness (QED) is 0.541. The second-order valence-electron chi connectivity index (χ2n) is 2.79.